The Morgan fingerprint density at radius 3 is 2.42 bits per heavy atom. The zero-order valence-electron chi connectivity index (χ0n) is 14.1. The molecule has 0 radical (unpaired) electrons. The van der Waals surface area contributed by atoms with E-state index in [1.54, 1.807) is 6.07 Å². The summed E-state index contributed by atoms with van der Waals surface area (Å²) in [5, 5.41) is 3.53. The predicted molar refractivity (Wildman–Crippen MR) is 98.3 cm³/mol. The standard InChI is InChI=1S/C22H22FN/c1-16-10-12-19(13-11-16)17(2)24-15-18-6-5-7-20(14-18)21-8-3-4-9-22(21)23/h3-14,17,24H,15H2,1-2H3. The molecule has 0 aliphatic carbocycles. The van der Waals surface area contributed by atoms with E-state index < -0.39 is 0 Å². The molecule has 0 amide bonds. The lowest BCUT2D eigenvalue weighted by atomic mass is 10.0. The Kier molecular flexibility index (Phi) is 5.07. The molecule has 3 aromatic rings. The normalized spacial score (nSPS) is 12.1. The monoisotopic (exact) mass is 319 g/mol. The van der Waals surface area contributed by atoms with Gasteiger partial charge in [-0.3, -0.25) is 0 Å². The minimum Gasteiger partial charge on any atom is -0.306 e. The second-order valence-corrected chi connectivity index (χ2v) is 6.19. The lowest BCUT2D eigenvalue weighted by Crippen LogP contribution is -2.18. The van der Waals surface area contributed by atoms with Crippen molar-refractivity contribution in [3.8, 4) is 11.1 Å². The Balaban J connectivity index is 1.71. The Morgan fingerprint density at radius 2 is 1.67 bits per heavy atom. The lowest BCUT2D eigenvalue weighted by Gasteiger charge is -2.15. The number of rotatable bonds is 5. The summed E-state index contributed by atoms with van der Waals surface area (Å²) in [6, 6.07) is 23.8. The van der Waals surface area contributed by atoms with Gasteiger partial charge < -0.3 is 5.32 Å². The first-order valence-corrected chi connectivity index (χ1v) is 8.27. The van der Waals surface area contributed by atoms with Crippen molar-refractivity contribution >= 4 is 0 Å². The number of hydrogen-bond acceptors (Lipinski definition) is 1. The third-order valence-electron chi connectivity index (χ3n) is 4.30. The van der Waals surface area contributed by atoms with E-state index in [1.807, 2.05) is 30.3 Å². The van der Waals surface area contributed by atoms with E-state index in [4.69, 9.17) is 0 Å². The van der Waals surface area contributed by atoms with Crippen molar-refractivity contribution in [3.05, 3.63) is 95.3 Å². The van der Waals surface area contributed by atoms with Gasteiger partial charge in [-0.1, -0.05) is 66.2 Å². The molecular formula is C22H22FN. The highest BCUT2D eigenvalue weighted by Gasteiger charge is 2.07. The highest BCUT2D eigenvalue weighted by Crippen LogP contribution is 2.23. The van der Waals surface area contributed by atoms with E-state index in [1.165, 1.54) is 17.2 Å². The van der Waals surface area contributed by atoms with Gasteiger partial charge in [0.1, 0.15) is 5.82 Å². The van der Waals surface area contributed by atoms with Gasteiger partial charge in [0, 0.05) is 18.2 Å². The molecule has 0 aliphatic rings. The molecule has 0 saturated carbocycles. The van der Waals surface area contributed by atoms with Crippen LogP contribution < -0.4 is 5.32 Å². The molecule has 0 bridgehead atoms. The van der Waals surface area contributed by atoms with Gasteiger partial charge in [0.15, 0.2) is 0 Å². The molecule has 1 nitrogen and oxygen atoms in total. The average molecular weight is 319 g/mol. The summed E-state index contributed by atoms with van der Waals surface area (Å²) in [5.41, 5.74) is 5.24. The maximum Gasteiger partial charge on any atom is 0.131 e. The molecule has 122 valence electrons. The summed E-state index contributed by atoms with van der Waals surface area (Å²) >= 11 is 0. The second kappa shape index (κ2) is 7.41. The highest BCUT2D eigenvalue weighted by atomic mass is 19.1. The molecule has 0 saturated heterocycles. The fourth-order valence-electron chi connectivity index (χ4n) is 2.79. The zero-order valence-corrected chi connectivity index (χ0v) is 14.1. The van der Waals surface area contributed by atoms with Crippen LogP contribution in [0.4, 0.5) is 4.39 Å². The minimum absolute atomic E-state index is 0.185. The van der Waals surface area contributed by atoms with Crippen LogP contribution in [0.5, 0.6) is 0 Å². The van der Waals surface area contributed by atoms with Gasteiger partial charge in [-0.25, -0.2) is 4.39 Å². The minimum atomic E-state index is -0.185. The van der Waals surface area contributed by atoms with Crippen LogP contribution in [0.15, 0.2) is 72.8 Å². The van der Waals surface area contributed by atoms with Gasteiger partial charge in [-0.2, -0.15) is 0 Å². The van der Waals surface area contributed by atoms with Gasteiger partial charge in [-0.05, 0) is 42.7 Å². The fraction of sp³-hybridized carbons (Fsp3) is 0.182. The van der Waals surface area contributed by atoms with Crippen molar-refractivity contribution < 1.29 is 4.39 Å². The van der Waals surface area contributed by atoms with Crippen LogP contribution in [0, 0.1) is 12.7 Å². The molecule has 0 aliphatic heterocycles. The number of hydrogen-bond donors (Lipinski definition) is 1. The summed E-state index contributed by atoms with van der Waals surface area (Å²) in [6.07, 6.45) is 0. The summed E-state index contributed by atoms with van der Waals surface area (Å²) in [6.45, 7) is 5.00. The van der Waals surface area contributed by atoms with Gasteiger partial charge in [0.25, 0.3) is 0 Å². The van der Waals surface area contributed by atoms with Gasteiger partial charge in [0.2, 0.25) is 0 Å². The van der Waals surface area contributed by atoms with E-state index in [9.17, 15) is 4.39 Å². The topological polar surface area (TPSA) is 12.0 Å². The highest BCUT2D eigenvalue weighted by molar-refractivity contribution is 5.64. The lowest BCUT2D eigenvalue weighted by molar-refractivity contribution is 0.574. The van der Waals surface area contributed by atoms with Crippen LogP contribution >= 0.6 is 0 Å². The molecular weight excluding hydrogens is 297 g/mol. The smallest absolute Gasteiger partial charge is 0.131 e. The second-order valence-electron chi connectivity index (χ2n) is 6.19. The number of nitrogens with one attached hydrogen (secondary N) is 1. The van der Waals surface area contributed by atoms with Crippen molar-refractivity contribution in [2.75, 3.05) is 0 Å². The average Bonchev–Trinajstić information content (AvgIpc) is 2.61. The zero-order chi connectivity index (χ0) is 16.9. The van der Waals surface area contributed by atoms with Crippen molar-refractivity contribution in [2.24, 2.45) is 0 Å². The van der Waals surface area contributed by atoms with E-state index in [-0.39, 0.29) is 11.9 Å². The van der Waals surface area contributed by atoms with E-state index in [2.05, 4.69) is 49.5 Å². The fourth-order valence-corrected chi connectivity index (χ4v) is 2.79. The van der Waals surface area contributed by atoms with Crippen molar-refractivity contribution in [2.45, 2.75) is 26.4 Å². The molecule has 1 N–H and O–H groups in total. The molecule has 24 heavy (non-hydrogen) atoms. The Labute approximate surface area is 143 Å². The Bertz CT molecular complexity index is 808. The number of halogens is 1. The molecule has 1 unspecified atom stereocenters. The summed E-state index contributed by atoms with van der Waals surface area (Å²) in [4.78, 5) is 0. The quantitative estimate of drug-likeness (QED) is 0.640. The Hall–Kier alpha value is -2.45. The maximum atomic E-state index is 14.0. The summed E-state index contributed by atoms with van der Waals surface area (Å²) in [7, 11) is 0. The molecule has 3 rings (SSSR count). The molecule has 0 heterocycles. The molecule has 2 heteroatoms. The molecule has 1 atom stereocenters. The third kappa shape index (κ3) is 3.90. The SMILES string of the molecule is Cc1ccc(C(C)NCc2cccc(-c3ccccc3F)c2)cc1. The van der Waals surface area contributed by atoms with Crippen molar-refractivity contribution in [3.63, 3.8) is 0 Å². The van der Waals surface area contributed by atoms with Crippen LogP contribution in [-0.2, 0) is 6.54 Å². The van der Waals surface area contributed by atoms with Crippen LogP contribution in [-0.4, -0.2) is 0 Å². The number of aryl methyl sites for hydroxylation is 1. The molecule has 0 aromatic heterocycles. The third-order valence-corrected chi connectivity index (χ3v) is 4.30. The van der Waals surface area contributed by atoms with Gasteiger partial charge in [-0.15, -0.1) is 0 Å². The first-order valence-electron chi connectivity index (χ1n) is 8.27. The largest absolute Gasteiger partial charge is 0.306 e. The first kappa shape index (κ1) is 16.4. The van der Waals surface area contributed by atoms with Crippen molar-refractivity contribution in [1.82, 2.24) is 5.32 Å². The predicted octanol–water partition coefficient (Wildman–Crippen LogP) is 5.65. The Morgan fingerprint density at radius 1 is 0.917 bits per heavy atom. The van der Waals surface area contributed by atoms with E-state index in [0.29, 0.717) is 5.56 Å². The van der Waals surface area contributed by atoms with Crippen LogP contribution in [0.1, 0.15) is 29.7 Å². The molecule has 3 aromatic carbocycles. The first-order chi connectivity index (χ1) is 11.6. The van der Waals surface area contributed by atoms with Crippen LogP contribution in [0.2, 0.25) is 0 Å². The van der Waals surface area contributed by atoms with E-state index in [0.717, 1.165) is 17.7 Å². The number of benzene rings is 3. The maximum absolute atomic E-state index is 14.0. The van der Waals surface area contributed by atoms with E-state index >= 15 is 0 Å². The summed E-state index contributed by atoms with van der Waals surface area (Å²) < 4.78 is 14.0. The molecule has 0 spiro atoms. The van der Waals surface area contributed by atoms with Crippen LogP contribution in [0.3, 0.4) is 0 Å². The van der Waals surface area contributed by atoms with Gasteiger partial charge >= 0.3 is 0 Å². The van der Waals surface area contributed by atoms with Crippen molar-refractivity contribution in [1.29, 1.82) is 0 Å². The van der Waals surface area contributed by atoms with Gasteiger partial charge in [0.05, 0.1) is 0 Å². The van der Waals surface area contributed by atoms with Crippen LogP contribution in [0.25, 0.3) is 11.1 Å². The summed E-state index contributed by atoms with van der Waals surface area (Å²) in [5.74, 6) is -0.185. The molecule has 0 fully saturated rings.